The van der Waals surface area contributed by atoms with Gasteiger partial charge in [-0.1, -0.05) is 6.92 Å². The van der Waals surface area contributed by atoms with Crippen LogP contribution < -0.4 is 5.73 Å². The van der Waals surface area contributed by atoms with Crippen molar-refractivity contribution in [3.63, 3.8) is 0 Å². The summed E-state index contributed by atoms with van der Waals surface area (Å²) < 4.78 is 3.53. The van der Waals surface area contributed by atoms with Crippen LogP contribution in [0.3, 0.4) is 0 Å². The third-order valence-electron chi connectivity index (χ3n) is 2.07. The number of hydrogen-bond acceptors (Lipinski definition) is 3. The van der Waals surface area contributed by atoms with E-state index >= 15 is 0 Å². The molecule has 5 nitrogen and oxygen atoms in total. The van der Waals surface area contributed by atoms with Gasteiger partial charge in [0.05, 0.1) is 11.9 Å². The second-order valence-electron chi connectivity index (χ2n) is 3.17. The fourth-order valence-electron chi connectivity index (χ4n) is 1.44. The molecule has 0 unspecified atom stereocenters. The lowest BCUT2D eigenvalue weighted by molar-refractivity contribution is 0.746. The normalized spacial score (nSPS) is 10.7. The minimum Gasteiger partial charge on any atom is -0.382 e. The van der Waals surface area contributed by atoms with Crippen LogP contribution in [0, 0.1) is 0 Å². The van der Waals surface area contributed by atoms with Crippen molar-refractivity contribution in [2.45, 2.75) is 13.3 Å². The number of aryl methyl sites for hydroxylation is 2. The van der Waals surface area contributed by atoms with E-state index in [2.05, 4.69) is 17.1 Å². The number of hydrogen-bond donors (Lipinski definition) is 1. The molecule has 2 aromatic heterocycles. The molecule has 0 amide bonds. The van der Waals surface area contributed by atoms with Gasteiger partial charge in [0.2, 0.25) is 0 Å². The van der Waals surface area contributed by atoms with Crippen LogP contribution >= 0.6 is 0 Å². The van der Waals surface area contributed by atoms with Crippen molar-refractivity contribution in [3.8, 4) is 5.69 Å². The molecule has 74 valence electrons. The average Bonchev–Trinajstić information content (AvgIpc) is 2.71. The molecule has 0 bridgehead atoms. The highest BCUT2D eigenvalue weighted by Gasteiger charge is 2.08. The summed E-state index contributed by atoms with van der Waals surface area (Å²) >= 11 is 0. The van der Waals surface area contributed by atoms with Crippen molar-refractivity contribution < 1.29 is 0 Å². The van der Waals surface area contributed by atoms with Crippen LogP contribution in [0.25, 0.3) is 5.69 Å². The highest BCUT2D eigenvalue weighted by Crippen LogP contribution is 2.13. The molecule has 0 aliphatic rings. The van der Waals surface area contributed by atoms with Crippen molar-refractivity contribution in [1.82, 2.24) is 19.6 Å². The van der Waals surface area contributed by atoms with Crippen LogP contribution in [-0.4, -0.2) is 19.6 Å². The zero-order chi connectivity index (χ0) is 10.1. The number of anilines is 1. The van der Waals surface area contributed by atoms with Gasteiger partial charge in [-0.15, -0.1) is 0 Å². The van der Waals surface area contributed by atoms with Crippen molar-refractivity contribution >= 4 is 5.82 Å². The van der Waals surface area contributed by atoms with Gasteiger partial charge in [-0.3, -0.25) is 4.68 Å². The van der Waals surface area contributed by atoms with Crippen molar-refractivity contribution in [2.75, 3.05) is 5.73 Å². The Kier molecular flexibility index (Phi) is 1.99. The van der Waals surface area contributed by atoms with Crippen LogP contribution in [0.1, 0.15) is 12.6 Å². The first-order valence-corrected chi connectivity index (χ1v) is 4.54. The molecule has 5 heteroatoms. The van der Waals surface area contributed by atoms with Gasteiger partial charge in [0.1, 0.15) is 11.5 Å². The number of nitrogens with zero attached hydrogens (tertiary/aromatic N) is 4. The van der Waals surface area contributed by atoms with E-state index in [9.17, 15) is 0 Å². The minimum absolute atomic E-state index is 0.524. The molecule has 2 aromatic rings. The Morgan fingerprint density at radius 1 is 1.43 bits per heavy atom. The van der Waals surface area contributed by atoms with Gasteiger partial charge in [0.15, 0.2) is 0 Å². The van der Waals surface area contributed by atoms with Gasteiger partial charge in [0, 0.05) is 19.3 Å². The summed E-state index contributed by atoms with van der Waals surface area (Å²) in [6.07, 6.45) is 4.66. The fraction of sp³-hybridized carbons (Fsp3) is 0.333. The second-order valence-corrected chi connectivity index (χ2v) is 3.17. The summed E-state index contributed by atoms with van der Waals surface area (Å²) in [6, 6.07) is 1.77. The van der Waals surface area contributed by atoms with E-state index in [0.29, 0.717) is 5.82 Å². The highest BCUT2D eigenvalue weighted by atomic mass is 15.3. The van der Waals surface area contributed by atoms with Crippen LogP contribution in [-0.2, 0) is 13.5 Å². The fourth-order valence-corrected chi connectivity index (χ4v) is 1.44. The molecule has 0 saturated carbocycles. The number of nitrogens with two attached hydrogens (primary N) is 1. The van der Waals surface area contributed by atoms with Crippen molar-refractivity contribution in [1.29, 1.82) is 0 Å². The molecule has 2 N–H and O–H groups in total. The zero-order valence-corrected chi connectivity index (χ0v) is 8.31. The summed E-state index contributed by atoms with van der Waals surface area (Å²) in [6.45, 7) is 2.07. The Balaban J connectivity index is 2.49. The molecule has 0 saturated heterocycles. The summed E-state index contributed by atoms with van der Waals surface area (Å²) in [5.74, 6) is 0.524. The molecule has 0 spiro atoms. The SMILES string of the molecule is CCc1nn(C)cc1-n1ccc(N)n1. The second kappa shape index (κ2) is 3.17. The molecule has 2 heterocycles. The lowest BCUT2D eigenvalue weighted by atomic mass is 10.3. The third kappa shape index (κ3) is 1.37. The molecular formula is C9H13N5. The minimum atomic E-state index is 0.524. The smallest absolute Gasteiger partial charge is 0.145 e. The van der Waals surface area contributed by atoms with Crippen molar-refractivity contribution in [3.05, 3.63) is 24.2 Å². The molecule has 0 fully saturated rings. The summed E-state index contributed by atoms with van der Waals surface area (Å²) in [5.41, 5.74) is 7.57. The van der Waals surface area contributed by atoms with Crippen LogP contribution in [0.15, 0.2) is 18.5 Å². The van der Waals surface area contributed by atoms with E-state index in [0.717, 1.165) is 17.8 Å². The van der Waals surface area contributed by atoms with Crippen molar-refractivity contribution in [2.24, 2.45) is 7.05 Å². The van der Waals surface area contributed by atoms with Gasteiger partial charge < -0.3 is 5.73 Å². The van der Waals surface area contributed by atoms with Gasteiger partial charge in [-0.2, -0.15) is 10.2 Å². The van der Waals surface area contributed by atoms with Crippen LogP contribution in [0.2, 0.25) is 0 Å². The summed E-state index contributed by atoms with van der Waals surface area (Å²) in [7, 11) is 1.90. The maximum absolute atomic E-state index is 5.56. The van der Waals surface area contributed by atoms with Gasteiger partial charge in [-0.25, -0.2) is 4.68 Å². The quantitative estimate of drug-likeness (QED) is 0.762. The number of aromatic nitrogens is 4. The standard InChI is InChI=1S/C9H13N5/c1-3-7-8(6-13(2)11-7)14-5-4-9(10)12-14/h4-6H,3H2,1-2H3,(H2,10,12). The molecule has 0 aliphatic heterocycles. The number of nitrogen functional groups attached to an aromatic ring is 1. The van der Waals surface area contributed by atoms with E-state index in [1.807, 2.05) is 19.4 Å². The van der Waals surface area contributed by atoms with Gasteiger partial charge in [-0.05, 0) is 6.42 Å². The van der Waals surface area contributed by atoms with Gasteiger partial charge >= 0.3 is 0 Å². The Labute approximate surface area is 82.1 Å². The van der Waals surface area contributed by atoms with E-state index in [1.165, 1.54) is 0 Å². The topological polar surface area (TPSA) is 61.7 Å². The lowest BCUT2D eigenvalue weighted by Crippen LogP contribution is -1.98. The van der Waals surface area contributed by atoms with E-state index in [1.54, 1.807) is 15.4 Å². The van der Waals surface area contributed by atoms with E-state index in [-0.39, 0.29) is 0 Å². The van der Waals surface area contributed by atoms with Crippen LogP contribution in [0.5, 0.6) is 0 Å². The first-order valence-electron chi connectivity index (χ1n) is 4.54. The molecule has 0 radical (unpaired) electrons. The van der Waals surface area contributed by atoms with Gasteiger partial charge in [0.25, 0.3) is 0 Å². The Hall–Kier alpha value is -1.78. The average molecular weight is 191 g/mol. The molecule has 14 heavy (non-hydrogen) atoms. The highest BCUT2D eigenvalue weighted by molar-refractivity contribution is 5.36. The Morgan fingerprint density at radius 2 is 2.21 bits per heavy atom. The largest absolute Gasteiger partial charge is 0.382 e. The van der Waals surface area contributed by atoms with Crippen LogP contribution in [0.4, 0.5) is 5.82 Å². The molecule has 0 aromatic carbocycles. The predicted octanol–water partition coefficient (Wildman–Crippen LogP) is 0.750. The third-order valence-corrected chi connectivity index (χ3v) is 2.07. The number of rotatable bonds is 2. The lowest BCUT2D eigenvalue weighted by Gasteiger charge is -1.97. The van der Waals surface area contributed by atoms with E-state index < -0.39 is 0 Å². The summed E-state index contributed by atoms with van der Waals surface area (Å²) in [5, 5.41) is 8.47. The molecular weight excluding hydrogens is 178 g/mol. The first-order chi connectivity index (χ1) is 6.70. The molecule has 2 rings (SSSR count). The molecule has 0 atom stereocenters. The maximum Gasteiger partial charge on any atom is 0.145 e. The maximum atomic E-state index is 5.56. The van der Waals surface area contributed by atoms with E-state index in [4.69, 9.17) is 5.73 Å². The first kappa shape index (κ1) is 8.80. The molecule has 0 aliphatic carbocycles. The Morgan fingerprint density at radius 3 is 2.79 bits per heavy atom. The monoisotopic (exact) mass is 191 g/mol. The Bertz CT molecular complexity index is 440. The zero-order valence-electron chi connectivity index (χ0n) is 8.31. The summed E-state index contributed by atoms with van der Waals surface area (Å²) in [4.78, 5) is 0. The predicted molar refractivity (Wildman–Crippen MR) is 54.1 cm³/mol.